The van der Waals surface area contributed by atoms with Gasteiger partial charge < -0.3 is 10.2 Å². The molecule has 0 aliphatic heterocycles. The Morgan fingerprint density at radius 3 is 2.56 bits per heavy atom. The van der Waals surface area contributed by atoms with Crippen LogP contribution in [0.15, 0.2) is 12.7 Å². The smallest absolute Gasteiger partial charge is 0.0107 e. The predicted molar refractivity (Wildman–Crippen MR) is 73.9 cm³/mol. The molecule has 0 aliphatic rings. The van der Waals surface area contributed by atoms with Gasteiger partial charge in [0.15, 0.2) is 0 Å². The van der Waals surface area contributed by atoms with E-state index in [4.69, 9.17) is 0 Å². The SMILES string of the molecule is C=CCCCN(CCNCCC)CC(C)C. The minimum atomic E-state index is 0.759. The van der Waals surface area contributed by atoms with Crippen LogP contribution in [-0.4, -0.2) is 37.6 Å². The van der Waals surface area contributed by atoms with E-state index < -0.39 is 0 Å². The number of nitrogens with one attached hydrogen (secondary N) is 1. The molecule has 96 valence electrons. The van der Waals surface area contributed by atoms with Gasteiger partial charge in [-0.05, 0) is 38.3 Å². The molecule has 0 fully saturated rings. The molecule has 0 aromatic rings. The maximum absolute atomic E-state index is 3.77. The van der Waals surface area contributed by atoms with Gasteiger partial charge in [-0.15, -0.1) is 6.58 Å². The summed E-state index contributed by atoms with van der Waals surface area (Å²) < 4.78 is 0. The molecule has 0 radical (unpaired) electrons. The van der Waals surface area contributed by atoms with Crippen LogP contribution in [0.1, 0.15) is 40.0 Å². The highest BCUT2D eigenvalue weighted by atomic mass is 15.1. The lowest BCUT2D eigenvalue weighted by molar-refractivity contribution is 0.242. The van der Waals surface area contributed by atoms with Crippen molar-refractivity contribution >= 4 is 0 Å². The van der Waals surface area contributed by atoms with E-state index in [1.807, 2.05) is 6.08 Å². The van der Waals surface area contributed by atoms with Crippen molar-refractivity contribution in [1.29, 1.82) is 0 Å². The fourth-order valence-electron chi connectivity index (χ4n) is 1.81. The first kappa shape index (κ1) is 15.7. The summed E-state index contributed by atoms with van der Waals surface area (Å²) in [6, 6.07) is 0. The molecule has 16 heavy (non-hydrogen) atoms. The number of hydrogen-bond acceptors (Lipinski definition) is 2. The molecule has 0 bridgehead atoms. The van der Waals surface area contributed by atoms with Crippen molar-refractivity contribution < 1.29 is 0 Å². The zero-order valence-electron chi connectivity index (χ0n) is 11.5. The lowest BCUT2D eigenvalue weighted by atomic mass is 10.2. The molecule has 0 spiro atoms. The van der Waals surface area contributed by atoms with Crippen LogP contribution in [0.25, 0.3) is 0 Å². The highest BCUT2D eigenvalue weighted by molar-refractivity contribution is 4.69. The van der Waals surface area contributed by atoms with Gasteiger partial charge in [0.2, 0.25) is 0 Å². The van der Waals surface area contributed by atoms with Gasteiger partial charge >= 0.3 is 0 Å². The number of unbranched alkanes of at least 4 members (excludes halogenated alkanes) is 1. The van der Waals surface area contributed by atoms with Crippen LogP contribution in [0.5, 0.6) is 0 Å². The van der Waals surface area contributed by atoms with E-state index in [-0.39, 0.29) is 0 Å². The van der Waals surface area contributed by atoms with Crippen LogP contribution in [0.3, 0.4) is 0 Å². The largest absolute Gasteiger partial charge is 0.315 e. The first-order valence-corrected chi connectivity index (χ1v) is 6.74. The van der Waals surface area contributed by atoms with Crippen LogP contribution in [-0.2, 0) is 0 Å². The molecule has 0 aromatic carbocycles. The van der Waals surface area contributed by atoms with E-state index in [0.29, 0.717) is 0 Å². The zero-order valence-corrected chi connectivity index (χ0v) is 11.5. The Kier molecular flexibility index (Phi) is 10.9. The van der Waals surface area contributed by atoms with Crippen molar-refractivity contribution in [3.63, 3.8) is 0 Å². The van der Waals surface area contributed by atoms with E-state index in [9.17, 15) is 0 Å². The second-order valence-corrected chi connectivity index (χ2v) is 4.88. The average Bonchev–Trinajstić information content (AvgIpc) is 2.23. The van der Waals surface area contributed by atoms with Crippen molar-refractivity contribution in [2.45, 2.75) is 40.0 Å². The molecule has 0 aromatic heterocycles. The topological polar surface area (TPSA) is 15.3 Å². The quantitative estimate of drug-likeness (QED) is 0.430. The minimum Gasteiger partial charge on any atom is -0.315 e. The molecule has 0 aliphatic carbocycles. The Bertz CT molecular complexity index is 155. The Morgan fingerprint density at radius 1 is 1.25 bits per heavy atom. The van der Waals surface area contributed by atoms with E-state index in [1.165, 1.54) is 32.5 Å². The maximum Gasteiger partial charge on any atom is 0.0107 e. The van der Waals surface area contributed by atoms with Crippen molar-refractivity contribution in [2.75, 3.05) is 32.7 Å². The van der Waals surface area contributed by atoms with Crippen molar-refractivity contribution in [3.8, 4) is 0 Å². The summed E-state index contributed by atoms with van der Waals surface area (Å²) in [5.41, 5.74) is 0. The molecule has 0 unspecified atom stereocenters. The highest BCUT2D eigenvalue weighted by Crippen LogP contribution is 2.01. The van der Waals surface area contributed by atoms with Crippen molar-refractivity contribution in [2.24, 2.45) is 5.92 Å². The molecule has 0 atom stereocenters. The third kappa shape index (κ3) is 10.2. The summed E-state index contributed by atoms with van der Waals surface area (Å²) in [4.78, 5) is 2.57. The van der Waals surface area contributed by atoms with Crippen LogP contribution in [0, 0.1) is 5.92 Å². The number of rotatable bonds is 11. The zero-order chi connectivity index (χ0) is 12.2. The van der Waals surface area contributed by atoms with Gasteiger partial charge in [0.1, 0.15) is 0 Å². The van der Waals surface area contributed by atoms with E-state index >= 15 is 0 Å². The molecular weight excluding hydrogens is 196 g/mol. The summed E-state index contributed by atoms with van der Waals surface area (Å²) in [7, 11) is 0. The second-order valence-electron chi connectivity index (χ2n) is 4.88. The predicted octanol–water partition coefficient (Wildman–Crippen LogP) is 2.91. The molecule has 0 amide bonds. The van der Waals surface area contributed by atoms with Crippen molar-refractivity contribution in [1.82, 2.24) is 10.2 Å². The molecule has 1 N–H and O–H groups in total. The van der Waals surface area contributed by atoms with Gasteiger partial charge in [-0.25, -0.2) is 0 Å². The summed E-state index contributed by atoms with van der Waals surface area (Å²) in [6.07, 6.45) is 5.62. The minimum absolute atomic E-state index is 0.759. The second kappa shape index (κ2) is 11.2. The normalized spacial score (nSPS) is 11.3. The first-order valence-electron chi connectivity index (χ1n) is 6.74. The monoisotopic (exact) mass is 226 g/mol. The van der Waals surface area contributed by atoms with Gasteiger partial charge in [-0.3, -0.25) is 0 Å². The summed E-state index contributed by atoms with van der Waals surface area (Å²) in [5, 5.41) is 3.47. The Morgan fingerprint density at radius 2 is 2.00 bits per heavy atom. The third-order valence-corrected chi connectivity index (χ3v) is 2.54. The standard InChI is InChI=1S/C14H30N2/c1-5-7-8-11-16(13-14(3)4)12-10-15-9-6-2/h5,14-15H,1,6-13H2,2-4H3. The molecule has 2 heteroatoms. The molecule has 0 heterocycles. The molecule has 0 saturated carbocycles. The lowest BCUT2D eigenvalue weighted by Crippen LogP contribution is -2.35. The fraction of sp³-hybridized carbons (Fsp3) is 0.857. The molecule has 0 rings (SSSR count). The highest BCUT2D eigenvalue weighted by Gasteiger charge is 2.05. The number of allylic oxidation sites excluding steroid dienone is 1. The van der Waals surface area contributed by atoms with Crippen LogP contribution < -0.4 is 5.32 Å². The van der Waals surface area contributed by atoms with E-state index in [1.54, 1.807) is 0 Å². The average molecular weight is 226 g/mol. The Labute approximate surface area is 102 Å². The van der Waals surface area contributed by atoms with Gasteiger partial charge in [-0.2, -0.15) is 0 Å². The Balaban J connectivity index is 3.67. The lowest BCUT2D eigenvalue weighted by Gasteiger charge is -2.24. The fourth-order valence-corrected chi connectivity index (χ4v) is 1.81. The molecule has 2 nitrogen and oxygen atoms in total. The summed E-state index contributed by atoms with van der Waals surface area (Å²) in [6.45, 7) is 16.4. The first-order chi connectivity index (χ1) is 7.70. The Hall–Kier alpha value is -0.340. The van der Waals surface area contributed by atoms with Crippen molar-refractivity contribution in [3.05, 3.63) is 12.7 Å². The van der Waals surface area contributed by atoms with E-state index in [0.717, 1.165) is 25.4 Å². The number of hydrogen-bond donors (Lipinski definition) is 1. The maximum atomic E-state index is 3.77. The number of nitrogens with zero attached hydrogens (tertiary/aromatic N) is 1. The van der Waals surface area contributed by atoms with Gasteiger partial charge in [0, 0.05) is 19.6 Å². The van der Waals surface area contributed by atoms with Gasteiger partial charge in [0.25, 0.3) is 0 Å². The molecule has 0 saturated heterocycles. The summed E-state index contributed by atoms with van der Waals surface area (Å²) in [5.74, 6) is 0.759. The van der Waals surface area contributed by atoms with E-state index in [2.05, 4.69) is 37.6 Å². The van der Waals surface area contributed by atoms with Gasteiger partial charge in [0.05, 0.1) is 0 Å². The van der Waals surface area contributed by atoms with Crippen LogP contribution in [0.2, 0.25) is 0 Å². The summed E-state index contributed by atoms with van der Waals surface area (Å²) >= 11 is 0. The van der Waals surface area contributed by atoms with Crippen LogP contribution >= 0.6 is 0 Å². The third-order valence-electron chi connectivity index (χ3n) is 2.54. The molecular formula is C14H30N2. The van der Waals surface area contributed by atoms with Gasteiger partial charge in [-0.1, -0.05) is 26.8 Å². The van der Waals surface area contributed by atoms with Crippen LogP contribution in [0.4, 0.5) is 0 Å².